The van der Waals surface area contributed by atoms with E-state index in [-0.39, 0.29) is 12.3 Å². The van der Waals surface area contributed by atoms with Crippen LogP contribution in [-0.2, 0) is 30.5 Å². The molecule has 0 bridgehead atoms. The molecule has 2 aliphatic heterocycles. The Morgan fingerprint density at radius 2 is 1.45 bits per heavy atom. The second kappa shape index (κ2) is 14.7. The summed E-state index contributed by atoms with van der Waals surface area (Å²) in [5, 5.41) is 11.4. The van der Waals surface area contributed by atoms with Gasteiger partial charge in [-0.3, -0.25) is 18.8 Å². The first-order chi connectivity index (χ1) is 23.6. The highest BCUT2D eigenvalue weighted by Crippen LogP contribution is 2.30. The summed E-state index contributed by atoms with van der Waals surface area (Å²) in [6.45, 7) is 6.92. The van der Waals surface area contributed by atoms with Gasteiger partial charge in [0.05, 0.1) is 36.1 Å². The Bertz CT molecular complexity index is 1980. The normalized spacial score (nSPS) is 17.1. The number of benzene rings is 2. The van der Waals surface area contributed by atoms with Gasteiger partial charge in [0, 0.05) is 73.0 Å². The van der Waals surface area contributed by atoms with Gasteiger partial charge in [-0.25, -0.2) is 13.2 Å². The number of aryl methyl sites for hydroxylation is 1. The molecule has 1 atom stereocenters. The number of sulfone groups is 1. The molecule has 4 aromatic rings. The predicted molar refractivity (Wildman–Crippen MR) is 190 cm³/mol. The fourth-order valence-electron chi connectivity index (χ4n) is 6.87. The van der Waals surface area contributed by atoms with Crippen molar-refractivity contribution in [1.29, 1.82) is 0 Å². The molecule has 14 nitrogen and oxygen atoms in total. The van der Waals surface area contributed by atoms with E-state index in [0.717, 1.165) is 42.2 Å². The molecule has 2 aliphatic rings. The third kappa shape index (κ3) is 7.39. The number of para-hydroxylation sites is 2. The monoisotopic (exact) mass is 694 g/mol. The number of β-amino-alcohol motifs (C(OH)–C–C–N with tert-alkyl or cyclic N) is 1. The Morgan fingerprint density at radius 1 is 0.816 bits per heavy atom. The average Bonchev–Trinajstić information content (AvgIpc) is 3.49. The lowest BCUT2D eigenvalue weighted by molar-refractivity contribution is 0.0651. The first-order valence-corrected chi connectivity index (χ1v) is 18.4. The second-order valence-electron chi connectivity index (χ2n) is 12.8. The number of imidazole rings is 1. The van der Waals surface area contributed by atoms with Crippen LogP contribution in [0.15, 0.2) is 69.1 Å². The van der Waals surface area contributed by atoms with Crippen LogP contribution in [0.1, 0.15) is 6.42 Å². The SMILES string of the molecule is COc1ccccc1N1CCN(c2nc3c(c(=O)n(C)c(=O)n3C)n2CC(O)CN2CCN(CCCS(=O)(=O)c3ccccc3)CC2)CC1. The fraction of sp³-hybridized carbons (Fsp3) is 0.500. The zero-order chi connectivity index (χ0) is 34.7. The van der Waals surface area contributed by atoms with Crippen LogP contribution in [0.3, 0.4) is 0 Å². The molecule has 4 heterocycles. The molecule has 0 saturated carbocycles. The van der Waals surface area contributed by atoms with Crippen LogP contribution in [0.2, 0.25) is 0 Å². The molecular weight excluding hydrogens is 648 g/mol. The van der Waals surface area contributed by atoms with Crippen molar-refractivity contribution in [3.8, 4) is 5.75 Å². The van der Waals surface area contributed by atoms with E-state index in [1.54, 1.807) is 43.0 Å². The van der Waals surface area contributed by atoms with Crippen molar-refractivity contribution in [3.05, 3.63) is 75.4 Å². The average molecular weight is 695 g/mol. The lowest BCUT2D eigenvalue weighted by Gasteiger charge is -2.37. The lowest BCUT2D eigenvalue weighted by atomic mass is 10.2. The summed E-state index contributed by atoms with van der Waals surface area (Å²) in [4.78, 5) is 40.3. The molecule has 6 rings (SSSR count). The molecule has 15 heteroatoms. The van der Waals surface area contributed by atoms with Crippen LogP contribution >= 0.6 is 0 Å². The molecule has 2 aromatic heterocycles. The van der Waals surface area contributed by atoms with Crippen LogP contribution < -0.4 is 25.8 Å². The second-order valence-corrected chi connectivity index (χ2v) is 14.9. The number of aliphatic hydroxyl groups is 1. The summed E-state index contributed by atoms with van der Waals surface area (Å²) in [5.41, 5.74) is 0.707. The summed E-state index contributed by atoms with van der Waals surface area (Å²) >= 11 is 0. The first kappa shape index (κ1) is 34.7. The highest BCUT2D eigenvalue weighted by Gasteiger charge is 2.28. The van der Waals surface area contributed by atoms with Gasteiger partial charge in [-0.15, -0.1) is 0 Å². The van der Waals surface area contributed by atoms with Crippen LogP contribution in [0.4, 0.5) is 11.6 Å². The Morgan fingerprint density at radius 3 is 2.14 bits per heavy atom. The van der Waals surface area contributed by atoms with Gasteiger partial charge >= 0.3 is 5.69 Å². The molecule has 2 saturated heterocycles. The number of hydrogen-bond acceptors (Lipinski definition) is 11. The minimum Gasteiger partial charge on any atom is -0.495 e. The van der Waals surface area contributed by atoms with Crippen LogP contribution in [-0.4, -0.2) is 126 Å². The zero-order valence-corrected chi connectivity index (χ0v) is 29.3. The first-order valence-electron chi connectivity index (χ1n) is 16.8. The topological polar surface area (TPSA) is 138 Å². The number of ether oxygens (including phenoxy) is 1. The zero-order valence-electron chi connectivity index (χ0n) is 28.4. The van der Waals surface area contributed by atoms with E-state index in [1.807, 2.05) is 30.3 Å². The van der Waals surface area contributed by atoms with Gasteiger partial charge in [-0.1, -0.05) is 30.3 Å². The van der Waals surface area contributed by atoms with E-state index in [9.17, 15) is 23.1 Å². The number of anilines is 2. The number of methoxy groups -OCH3 is 1. The van der Waals surface area contributed by atoms with Gasteiger partial charge in [-0.05, 0) is 37.2 Å². The highest BCUT2D eigenvalue weighted by molar-refractivity contribution is 7.91. The van der Waals surface area contributed by atoms with Gasteiger partial charge in [0.25, 0.3) is 5.56 Å². The van der Waals surface area contributed by atoms with Gasteiger partial charge in [0.2, 0.25) is 5.95 Å². The molecule has 0 amide bonds. The van der Waals surface area contributed by atoms with Gasteiger partial charge in [0.1, 0.15) is 5.75 Å². The van der Waals surface area contributed by atoms with E-state index in [1.165, 1.54) is 11.6 Å². The number of piperazine rings is 2. The predicted octanol–water partition coefficient (Wildman–Crippen LogP) is 0.611. The van der Waals surface area contributed by atoms with E-state index in [2.05, 4.69) is 19.6 Å². The summed E-state index contributed by atoms with van der Waals surface area (Å²) in [6, 6.07) is 16.5. The molecule has 0 aliphatic carbocycles. The van der Waals surface area contributed by atoms with Crippen molar-refractivity contribution in [2.45, 2.75) is 24.0 Å². The molecule has 2 fully saturated rings. The Kier molecular flexibility index (Phi) is 10.4. The third-order valence-electron chi connectivity index (χ3n) is 9.63. The van der Waals surface area contributed by atoms with Gasteiger partial charge in [0.15, 0.2) is 21.0 Å². The quantitative estimate of drug-likeness (QED) is 0.223. The summed E-state index contributed by atoms with van der Waals surface area (Å²) < 4.78 is 35.1. The van der Waals surface area contributed by atoms with E-state index in [0.29, 0.717) is 67.7 Å². The van der Waals surface area contributed by atoms with E-state index >= 15 is 0 Å². The summed E-state index contributed by atoms with van der Waals surface area (Å²) in [5.74, 6) is 1.47. The van der Waals surface area contributed by atoms with Crippen LogP contribution in [0.5, 0.6) is 5.75 Å². The van der Waals surface area contributed by atoms with Crippen LogP contribution in [0.25, 0.3) is 11.2 Å². The maximum Gasteiger partial charge on any atom is 0.332 e. The standard InChI is InChI=1S/C34H46N8O6S/c1-36-31-30(32(44)37(2)34(36)45)42(33(35-31)41-21-19-40(20-22-41)28-12-7-8-13-29(28)48-3)25-26(43)24-39-17-15-38(16-18-39)14-9-23-49(46,47)27-10-5-4-6-11-27/h4-8,10-13,26,43H,9,14-25H2,1-3H3. The lowest BCUT2D eigenvalue weighted by Crippen LogP contribution is -2.49. The van der Waals surface area contributed by atoms with Gasteiger partial charge < -0.3 is 29.1 Å². The summed E-state index contributed by atoms with van der Waals surface area (Å²) in [6.07, 6.45) is -0.239. The van der Waals surface area contributed by atoms with Crippen molar-refractivity contribution in [3.63, 3.8) is 0 Å². The van der Waals surface area contributed by atoms with E-state index < -0.39 is 27.2 Å². The Labute approximate surface area is 286 Å². The molecule has 2 aromatic carbocycles. The van der Waals surface area contributed by atoms with Crippen molar-refractivity contribution in [2.24, 2.45) is 14.1 Å². The van der Waals surface area contributed by atoms with Crippen molar-refractivity contribution < 1.29 is 18.3 Å². The van der Waals surface area contributed by atoms with Crippen molar-refractivity contribution >= 4 is 32.6 Å². The number of hydrogen-bond donors (Lipinski definition) is 1. The maximum absolute atomic E-state index is 13.5. The summed E-state index contributed by atoms with van der Waals surface area (Å²) in [7, 11) is 1.43. The minimum atomic E-state index is -3.30. The number of nitrogens with zero attached hydrogens (tertiary/aromatic N) is 8. The molecule has 0 spiro atoms. The van der Waals surface area contributed by atoms with Crippen molar-refractivity contribution in [2.75, 3.05) is 88.1 Å². The van der Waals surface area contributed by atoms with Gasteiger partial charge in [-0.2, -0.15) is 4.98 Å². The number of fused-ring (bicyclic) bond motifs is 1. The molecule has 1 N–H and O–H groups in total. The minimum absolute atomic E-state index is 0.109. The Balaban J connectivity index is 1.11. The maximum atomic E-state index is 13.5. The number of aromatic nitrogens is 4. The molecule has 264 valence electrons. The van der Waals surface area contributed by atoms with E-state index in [4.69, 9.17) is 9.72 Å². The fourth-order valence-corrected chi connectivity index (χ4v) is 8.19. The smallest absolute Gasteiger partial charge is 0.332 e. The number of rotatable bonds is 12. The molecular formula is C34H46N8O6S. The number of aliphatic hydroxyl groups excluding tert-OH is 1. The van der Waals surface area contributed by atoms with Crippen molar-refractivity contribution in [1.82, 2.24) is 28.5 Å². The molecule has 49 heavy (non-hydrogen) atoms. The largest absolute Gasteiger partial charge is 0.495 e. The molecule has 0 radical (unpaired) electrons. The third-order valence-corrected chi connectivity index (χ3v) is 11.4. The molecule has 1 unspecified atom stereocenters. The highest BCUT2D eigenvalue weighted by atomic mass is 32.2. The van der Waals surface area contributed by atoms with Crippen LogP contribution in [0, 0.1) is 0 Å². The Hall–Kier alpha value is -4.18.